The largest absolute Gasteiger partial charge is 1.00 e. The number of hydrogen-bond donors (Lipinski definition) is 1. The van der Waals surface area contributed by atoms with Crippen LogP contribution in [0.15, 0.2) is 0 Å². The van der Waals surface area contributed by atoms with Crippen LogP contribution in [0.5, 0.6) is 0 Å². The van der Waals surface area contributed by atoms with Crippen molar-refractivity contribution in [2.75, 3.05) is 12.8 Å². The van der Waals surface area contributed by atoms with Gasteiger partial charge in [0, 0.05) is 18.9 Å². The summed E-state index contributed by atoms with van der Waals surface area (Å²) in [4.78, 5) is 9.74. The van der Waals surface area contributed by atoms with Crippen molar-refractivity contribution < 1.29 is 69.7 Å². The molecule has 0 rings (SSSR count). The van der Waals surface area contributed by atoms with E-state index >= 15 is 0 Å². The van der Waals surface area contributed by atoms with Crippen LogP contribution in [0.1, 0.15) is 6.42 Å². The molecule has 0 saturated heterocycles. The molecule has 7 heteroatoms. The van der Waals surface area contributed by atoms with E-state index < -0.39 is 16.0 Å². The van der Waals surface area contributed by atoms with Gasteiger partial charge in [-0.1, -0.05) is 0 Å². The number of aliphatic carboxylic acids is 1. The molecule has 0 aromatic carbocycles. The molecule has 0 bridgehead atoms. The Hall–Kier alpha value is 1.02. The fourth-order valence-electron chi connectivity index (χ4n) is 0.338. The van der Waals surface area contributed by atoms with Gasteiger partial charge in [0.25, 0.3) is 0 Å². The summed E-state index contributed by atoms with van der Waals surface area (Å²) in [6.07, 6.45) is 0.662. The van der Waals surface area contributed by atoms with E-state index in [4.69, 9.17) is 0 Å². The minimum atomic E-state index is -3.26. The number of hydrogen-bond acceptors (Lipinski definition) is 4. The summed E-state index contributed by atoms with van der Waals surface area (Å²) in [5.41, 5.74) is 0. The maximum atomic E-state index is 10.3. The molecule has 0 aromatic heterocycles. The molecule has 0 atom stereocenters. The number of carbonyl (C=O) groups is 1. The van der Waals surface area contributed by atoms with E-state index in [1.165, 1.54) is 0 Å². The molecule has 0 aliphatic carbocycles. The zero-order chi connectivity index (χ0) is 8.20. The number of nitrogens with one attached hydrogen (secondary N) is 1. The molecule has 0 heterocycles. The van der Waals surface area contributed by atoms with Crippen LogP contribution in [0.25, 0.3) is 0 Å². The summed E-state index contributed by atoms with van der Waals surface area (Å²) >= 11 is 0. The van der Waals surface area contributed by atoms with Crippen LogP contribution >= 0.6 is 0 Å². The second kappa shape index (κ2) is 6.52. The molecule has 0 fully saturated rings. The van der Waals surface area contributed by atoms with Crippen molar-refractivity contribution >= 4 is 16.0 Å². The molecule has 0 aliphatic rings. The first-order chi connectivity index (χ1) is 4.42. The van der Waals surface area contributed by atoms with Gasteiger partial charge in [-0.15, -0.1) is 0 Å². The van der Waals surface area contributed by atoms with Crippen LogP contribution in [-0.4, -0.2) is 27.2 Å². The van der Waals surface area contributed by atoms with E-state index in [0.29, 0.717) is 0 Å². The van der Waals surface area contributed by atoms with Crippen LogP contribution < -0.4 is 61.2 Å². The Morgan fingerprint density at radius 3 is 2.27 bits per heavy atom. The summed E-state index contributed by atoms with van der Waals surface area (Å²) in [6, 6.07) is 0. The SMILES string of the molecule is CS(=O)(=O)NCCC(=O)[O-].[K+]. The van der Waals surface area contributed by atoms with Crippen LogP contribution in [0.4, 0.5) is 0 Å². The maximum Gasteiger partial charge on any atom is 1.00 e. The van der Waals surface area contributed by atoms with Crippen molar-refractivity contribution in [1.29, 1.82) is 0 Å². The molecule has 1 N–H and O–H groups in total. The topological polar surface area (TPSA) is 86.3 Å². The van der Waals surface area contributed by atoms with Gasteiger partial charge in [0.1, 0.15) is 0 Å². The third-order valence-electron chi connectivity index (χ3n) is 0.693. The van der Waals surface area contributed by atoms with Crippen molar-refractivity contribution in [3.8, 4) is 0 Å². The molecule has 0 unspecified atom stereocenters. The van der Waals surface area contributed by atoms with Gasteiger partial charge in [-0.3, -0.25) is 0 Å². The molecule has 0 radical (unpaired) electrons. The van der Waals surface area contributed by atoms with Gasteiger partial charge < -0.3 is 9.90 Å². The van der Waals surface area contributed by atoms with E-state index in [9.17, 15) is 18.3 Å². The third-order valence-corrected chi connectivity index (χ3v) is 1.42. The monoisotopic (exact) mass is 205 g/mol. The normalized spacial score (nSPS) is 10.3. The molecule has 11 heavy (non-hydrogen) atoms. The quantitative estimate of drug-likeness (QED) is 0.464. The van der Waals surface area contributed by atoms with Crippen molar-refractivity contribution in [3.05, 3.63) is 0 Å². The van der Waals surface area contributed by atoms with Gasteiger partial charge in [-0.05, 0) is 0 Å². The Morgan fingerprint density at radius 1 is 1.55 bits per heavy atom. The molecule has 0 aliphatic heterocycles. The smallest absolute Gasteiger partial charge is 0.550 e. The van der Waals surface area contributed by atoms with E-state index in [2.05, 4.69) is 0 Å². The van der Waals surface area contributed by atoms with E-state index in [1.807, 2.05) is 4.72 Å². The molecule has 60 valence electrons. The number of carboxylic acid groups (broad SMARTS) is 1. The standard InChI is InChI=1S/C4H9NO4S.K/c1-10(8,9)5-3-2-4(6)7;/h5H,2-3H2,1H3,(H,6,7);/q;+1/p-1. The molecule has 0 amide bonds. The number of sulfonamides is 1. The number of carbonyl (C=O) groups excluding carboxylic acids is 1. The minimum Gasteiger partial charge on any atom is -0.550 e. The van der Waals surface area contributed by atoms with Crippen LogP contribution in [0.2, 0.25) is 0 Å². The summed E-state index contributed by atoms with van der Waals surface area (Å²) in [7, 11) is -3.26. The summed E-state index contributed by atoms with van der Waals surface area (Å²) in [6.45, 7) is -0.110. The molecular weight excluding hydrogens is 197 g/mol. The first-order valence-corrected chi connectivity index (χ1v) is 4.45. The van der Waals surface area contributed by atoms with Gasteiger partial charge in [0.15, 0.2) is 0 Å². The summed E-state index contributed by atoms with van der Waals surface area (Å²) in [5, 5.41) is 9.74. The summed E-state index contributed by atoms with van der Waals surface area (Å²) < 4.78 is 22.6. The predicted molar refractivity (Wildman–Crippen MR) is 32.5 cm³/mol. The van der Waals surface area contributed by atoms with Crippen molar-refractivity contribution in [2.24, 2.45) is 0 Å². The zero-order valence-corrected chi connectivity index (χ0v) is 10.4. The van der Waals surface area contributed by atoms with Crippen molar-refractivity contribution in [2.45, 2.75) is 6.42 Å². The van der Waals surface area contributed by atoms with Crippen LogP contribution in [0, 0.1) is 0 Å². The average Bonchev–Trinajstić information content (AvgIpc) is 1.59. The molecule has 0 saturated carbocycles. The zero-order valence-electron chi connectivity index (χ0n) is 6.46. The van der Waals surface area contributed by atoms with E-state index in [0.717, 1.165) is 6.26 Å². The van der Waals surface area contributed by atoms with Gasteiger partial charge in [-0.2, -0.15) is 0 Å². The predicted octanol–water partition coefficient (Wildman–Crippen LogP) is -5.32. The Labute approximate surface area is 108 Å². The van der Waals surface area contributed by atoms with Gasteiger partial charge in [-0.25, -0.2) is 13.1 Å². The minimum absolute atomic E-state index is 0. The first kappa shape index (κ1) is 14.5. The van der Waals surface area contributed by atoms with E-state index in [1.54, 1.807) is 0 Å². The van der Waals surface area contributed by atoms with Gasteiger partial charge >= 0.3 is 51.4 Å². The van der Waals surface area contributed by atoms with Crippen molar-refractivity contribution in [1.82, 2.24) is 4.72 Å². The Bertz CT molecular complexity index is 212. The second-order valence-electron chi connectivity index (χ2n) is 1.79. The number of carboxylic acids is 1. The Balaban J connectivity index is 0. The molecule has 5 nitrogen and oxygen atoms in total. The fourth-order valence-corrected chi connectivity index (χ4v) is 0.811. The maximum absolute atomic E-state index is 10.3. The first-order valence-electron chi connectivity index (χ1n) is 2.56. The van der Waals surface area contributed by atoms with Crippen LogP contribution in [0.3, 0.4) is 0 Å². The Kier molecular flexibility index (Phi) is 8.62. The fraction of sp³-hybridized carbons (Fsp3) is 0.750. The Morgan fingerprint density at radius 2 is 2.00 bits per heavy atom. The molecular formula is C4H8KNO4S. The van der Waals surface area contributed by atoms with Gasteiger partial charge in [0.05, 0.1) is 6.26 Å². The van der Waals surface area contributed by atoms with E-state index in [-0.39, 0.29) is 64.4 Å². The molecule has 0 aromatic rings. The summed E-state index contributed by atoms with van der Waals surface area (Å²) in [5.74, 6) is -1.27. The third kappa shape index (κ3) is 13.9. The second-order valence-corrected chi connectivity index (χ2v) is 3.62. The van der Waals surface area contributed by atoms with Crippen LogP contribution in [-0.2, 0) is 14.8 Å². The van der Waals surface area contributed by atoms with Crippen molar-refractivity contribution in [3.63, 3.8) is 0 Å². The number of rotatable bonds is 4. The van der Waals surface area contributed by atoms with Gasteiger partial charge in [0.2, 0.25) is 10.0 Å². The molecule has 0 spiro atoms. The average molecular weight is 205 g/mol.